The zero-order valence-electron chi connectivity index (χ0n) is 12.7. The summed E-state index contributed by atoms with van der Waals surface area (Å²) in [6.07, 6.45) is 4.58. The second kappa shape index (κ2) is 5.50. The van der Waals surface area contributed by atoms with Crippen LogP contribution in [-0.2, 0) is 13.5 Å². The quantitative estimate of drug-likeness (QED) is 0.738. The first-order valence-electron chi connectivity index (χ1n) is 7.71. The van der Waals surface area contributed by atoms with Crippen molar-refractivity contribution in [3.8, 4) is 0 Å². The number of aromatic nitrogens is 4. The number of fused-ring (bicyclic) bond motifs is 1. The summed E-state index contributed by atoms with van der Waals surface area (Å²) >= 11 is 0. The molecule has 0 amide bonds. The van der Waals surface area contributed by atoms with Gasteiger partial charge in [-0.15, -0.1) is 0 Å². The van der Waals surface area contributed by atoms with E-state index in [-0.39, 0.29) is 0 Å². The van der Waals surface area contributed by atoms with Gasteiger partial charge in [-0.1, -0.05) is 30.3 Å². The molecule has 0 spiro atoms. The van der Waals surface area contributed by atoms with Crippen LogP contribution < -0.4 is 0 Å². The molecule has 2 aromatic heterocycles. The lowest BCUT2D eigenvalue weighted by atomic mass is 9.95. The fourth-order valence-corrected chi connectivity index (χ4v) is 3.14. The van der Waals surface area contributed by atoms with Gasteiger partial charge in [-0.2, -0.15) is 5.10 Å². The van der Waals surface area contributed by atoms with E-state index in [1.54, 1.807) is 12.4 Å². The van der Waals surface area contributed by atoms with Gasteiger partial charge in [0.05, 0.1) is 5.69 Å². The highest BCUT2D eigenvalue weighted by Gasteiger charge is 2.31. The minimum Gasteiger partial charge on any atom is -0.302 e. The van der Waals surface area contributed by atoms with E-state index < -0.39 is 0 Å². The molecule has 0 bridgehead atoms. The normalized spacial score (nSPS) is 16.0. The van der Waals surface area contributed by atoms with Crippen molar-refractivity contribution in [2.75, 3.05) is 19.6 Å². The molecule has 0 aliphatic carbocycles. The van der Waals surface area contributed by atoms with Crippen molar-refractivity contribution >= 4 is 11.2 Å². The van der Waals surface area contributed by atoms with Crippen LogP contribution in [0.1, 0.15) is 17.2 Å². The van der Waals surface area contributed by atoms with Crippen molar-refractivity contribution < 1.29 is 0 Å². The molecular formula is C17H19N5. The Bertz CT molecular complexity index is 774. The first-order valence-corrected chi connectivity index (χ1v) is 7.71. The van der Waals surface area contributed by atoms with Gasteiger partial charge in [0.1, 0.15) is 5.52 Å². The van der Waals surface area contributed by atoms with Crippen molar-refractivity contribution in [3.63, 3.8) is 0 Å². The third-order valence-corrected chi connectivity index (χ3v) is 4.39. The standard InChI is InChI=1S/C17H19N5/c1-21-17-16(18-8-9-19-17)15(20-21)14-11-22(12-14)10-7-13-5-3-2-4-6-13/h2-6,8-9,14H,7,10-12H2,1H3. The van der Waals surface area contributed by atoms with Crippen LogP contribution in [0.25, 0.3) is 11.2 Å². The maximum Gasteiger partial charge on any atom is 0.176 e. The van der Waals surface area contributed by atoms with Crippen LogP contribution in [0.2, 0.25) is 0 Å². The van der Waals surface area contributed by atoms with Crippen molar-refractivity contribution in [2.45, 2.75) is 12.3 Å². The van der Waals surface area contributed by atoms with Gasteiger partial charge in [0.2, 0.25) is 0 Å². The van der Waals surface area contributed by atoms with Crippen LogP contribution in [0.4, 0.5) is 0 Å². The van der Waals surface area contributed by atoms with Gasteiger partial charge in [0.15, 0.2) is 5.65 Å². The zero-order chi connectivity index (χ0) is 14.9. The van der Waals surface area contributed by atoms with E-state index in [4.69, 9.17) is 0 Å². The Balaban J connectivity index is 1.40. The average Bonchev–Trinajstić information content (AvgIpc) is 2.84. The molecule has 112 valence electrons. The summed E-state index contributed by atoms with van der Waals surface area (Å²) in [5.41, 5.74) is 4.33. The zero-order valence-corrected chi connectivity index (χ0v) is 12.7. The molecule has 5 nitrogen and oxygen atoms in total. The van der Waals surface area contributed by atoms with E-state index in [1.807, 2.05) is 11.7 Å². The predicted molar refractivity (Wildman–Crippen MR) is 85.6 cm³/mol. The lowest BCUT2D eigenvalue weighted by molar-refractivity contribution is 0.148. The molecule has 5 heteroatoms. The number of hydrogen-bond acceptors (Lipinski definition) is 4. The lowest BCUT2D eigenvalue weighted by Crippen LogP contribution is -2.46. The number of hydrogen-bond donors (Lipinski definition) is 0. The minimum atomic E-state index is 0.483. The Morgan fingerprint density at radius 3 is 2.68 bits per heavy atom. The first kappa shape index (κ1) is 13.4. The van der Waals surface area contributed by atoms with E-state index in [9.17, 15) is 0 Å². The third-order valence-electron chi connectivity index (χ3n) is 4.39. The largest absolute Gasteiger partial charge is 0.302 e. The Morgan fingerprint density at radius 2 is 1.86 bits per heavy atom. The van der Waals surface area contributed by atoms with Gasteiger partial charge < -0.3 is 4.90 Å². The summed E-state index contributed by atoms with van der Waals surface area (Å²) in [5.74, 6) is 0.483. The summed E-state index contributed by atoms with van der Waals surface area (Å²) in [4.78, 5) is 11.3. The van der Waals surface area contributed by atoms with Crippen LogP contribution in [-0.4, -0.2) is 44.3 Å². The highest BCUT2D eigenvalue weighted by Crippen LogP contribution is 2.29. The maximum atomic E-state index is 4.63. The Kier molecular flexibility index (Phi) is 3.35. The maximum absolute atomic E-state index is 4.63. The molecule has 1 aromatic carbocycles. The number of aryl methyl sites for hydroxylation is 1. The molecular weight excluding hydrogens is 274 g/mol. The van der Waals surface area contributed by atoms with Gasteiger partial charge in [-0.3, -0.25) is 0 Å². The summed E-state index contributed by atoms with van der Waals surface area (Å²) in [5, 5.41) is 4.63. The average molecular weight is 293 g/mol. The number of likely N-dealkylation sites (tertiary alicyclic amines) is 1. The molecule has 3 heterocycles. The molecule has 1 aliphatic heterocycles. The van der Waals surface area contributed by atoms with E-state index in [2.05, 4.69) is 50.3 Å². The van der Waals surface area contributed by atoms with E-state index in [0.717, 1.165) is 42.9 Å². The minimum absolute atomic E-state index is 0.483. The van der Waals surface area contributed by atoms with Crippen LogP contribution in [0.5, 0.6) is 0 Å². The Labute approximate surface area is 129 Å². The Hall–Kier alpha value is -2.27. The Morgan fingerprint density at radius 1 is 1.09 bits per heavy atom. The van der Waals surface area contributed by atoms with Crippen molar-refractivity contribution in [1.29, 1.82) is 0 Å². The molecule has 0 N–H and O–H groups in total. The van der Waals surface area contributed by atoms with E-state index >= 15 is 0 Å². The van der Waals surface area contributed by atoms with Crippen molar-refractivity contribution in [1.82, 2.24) is 24.6 Å². The summed E-state index contributed by atoms with van der Waals surface area (Å²) in [6.45, 7) is 3.24. The molecule has 22 heavy (non-hydrogen) atoms. The number of rotatable bonds is 4. The predicted octanol–water partition coefficient (Wildman–Crippen LogP) is 2.01. The summed E-state index contributed by atoms with van der Waals surface area (Å²) in [7, 11) is 1.94. The highest BCUT2D eigenvalue weighted by atomic mass is 15.3. The molecule has 0 saturated carbocycles. The van der Waals surface area contributed by atoms with E-state index in [1.165, 1.54) is 5.56 Å². The second-order valence-electron chi connectivity index (χ2n) is 5.93. The molecule has 4 rings (SSSR count). The molecule has 1 saturated heterocycles. The monoisotopic (exact) mass is 293 g/mol. The summed E-state index contributed by atoms with van der Waals surface area (Å²) < 4.78 is 1.84. The molecule has 0 radical (unpaired) electrons. The molecule has 3 aromatic rings. The summed E-state index contributed by atoms with van der Waals surface area (Å²) in [6, 6.07) is 10.7. The third kappa shape index (κ3) is 2.37. The van der Waals surface area contributed by atoms with Gasteiger partial charge in [0.25, 0.3) is 0 Å². The first-order chi connectivity index (χ1) is 10.8. The fraction of sp³-hybridized carbons (Fsp3) is 0.353. The van der Waals surface area contributed by atoms with Crippen LogP contribution in [0.3, 0.4) is 0 Å². The molecule has 0 unspecified atom stereocenters. The van der Waals surface area contributed by atoms with Gasteiger partial charge >= 0.3 is 0 Å². The fourth-order valence-electron chi connectivity index (χ4n) is 3.14. The van der Waals surface area contributed by atoms with Crippen LogP contribution in [0.15, 0.2) is 42.7 Å². The van der Waals surface area contributed by atoms with Gasteiger partial charge in [-0.25, -0.2) is 14.6 Å². The number of benzene rings is 1. The van der Waals surface area contributed by atoms with Crippen LogP contribution >= 0.6 is 0 Å². The molecule has 1 fully saturated rings. The second-order valence-corrected chi connectivity index (χ2v) is 5.93. The smallest absolute Gasteiger partial charge is 0.176 e. The SMILES string of the molecule is Cn1nc(C2CN(CCc3ccccc3)C2)c2nccnc21. The van der Waals surface area contributed by atoms with Gasteiger partial charge in [0, 0.05) is 45.0 Å². The van der Waals surface area contributed by atoms with E-state index in [0.29, 0.717) is 5.92 Å². The van der Waals surface area contributed by atoms with Crippen molar-refractivity contribution in [3.05, 3.63) is 54.0 Å². The van der Waals surface area contributed by atoms with Crippen LogP contribution in [0, 0.1) is 0 Å². The lowest BCUT2D eigenvalue weighted by Gasteiger charge is -2.38. The number of nitrogens with zero attached hydrogens (tertiary/aromatic N) is 5. The molecule has 1 aliphatic rings. The van der Waals surface area contributed by atoms with Gasteiger partial charge in [-0.05, 0) is 12.0 Å². The topological polar surface area (TPSA) is 46.8 Å². The molecule has 0 atom stereocenters. The highest BCUT2D eigenvalue weighted by molar-refractivity contribution is 5.73. The van der Waals surface area contributed by atoms with Crippen molar-refractivity contribution in [2.24, 2.45) is 7.05 Å².